The van der Waals surface area contributed by atoms with Crippen molar-refractivity contribution in [2.75, 3.05) is 6.54 Å². The van der Waals surface area contributed by atoms with E-state index in [1.807, 2.05) is 17.0 Å². The smallest absolute Gasteiger partial charge is 0.223 e. The molecule has 1 aromatic rings. The number of aromatic nitrogens is 1. The molecule has 1 saturated carbocycles. The number of nitrogens with zero attached hydrogens (tertiary/aromatic N) is 2. The number of pyridine rings is 1. The van der Waals surface area contributed by atoms with Crippen LogP contribution in [0.25, 0.3) is 0 Å². The third-order valence-corrected chi connectivity index (χ3v) is 3.97. The van der Waals surface area contributed by atoms with Crippen molar-refractivity contribution in [2.45, 2.75) is 38.6 Å². The fraction of sp³-hybridized carbons (Fsp3) is 0.533. The van der Waals surface area contributed by atoms with Gasteiger partial charge in [0.05, 0.1) is 4.99 Å². The Labute approximate surface area is 125 Å². The van der Waals surface area contributed by atoms with Crippen LogP contribution >= 0.6 is 12.2 Å². The molecule has 1 amide bonds. The topological polar surface area (TPSA) is 59.2 Å². The number of rotatable bonds is 7. The Bertz CT molecular complexity index is 459. The lowest BCUT2D eigenvalue weighted by Gasteiger charge is -2.29. The summed E-state index contributed by atoms with van der Waals surface area (Å²) in [7, 11) is 0. The highest BCUT2D eigenvalue weighted by molar-refractivity contribution is 7.80. The van der Waals surface area contributed by atoms with Gasteiger partial charge in [0.15, 0.2) is 0 Å². The molecule has 0 radical (unpaired) electrons. The molecule has 5 heteroatoms. The quantitative estimate of drug-likeness (QED) is 0.783. The van der Waals surface area contributed by atoms with Gasteiger partial charge in [0.1, 0.15) is 0 Å². The van der Waals surface area contributed by atoms with E-state index in [1.54, 1.807) is 12.4 Å². The second kappa shape index (κ2) is 7.33. The number of amides is 1. The Hall–Kier alpha value is -1.49. The Morgan fingerprint density at radius 2 is 2.30 bits per heavy atom. The zero-order chi connectivity index (χ0) is 14.4. The predicted molar refractivity (Wildman–Crippen MR) is 83.0 cm³/mol. The van der Waals surface area contributed by atoms with Crippen molar-refractivity contribution in [3.63, 3.8) is 0 Å². The predicted octanol–water partition coefficient (Wildman–Crippen LogP) is 2.28. The maximum absolute atomic E-state index is 12.4. The van der Waals surface area contributed by atoms with Crippen molar-refractivity contribution in [3.8, 4) is 0 Å². The van der Waals surface area contributed by atoms with Crippen LogP contribution in [0, 0.1) is 5.92 Å². The summed E-state index contributed by atoms with van der Waals surface area (Å²) in [5.74, 6) is 0.776. The second-order valence-corrected chi connectivity index (χ2v) is 5.92. The largest absolute Gasteiger partial charge is 0.393 e. The lowest BCUT2D eigenvalue weighted by Crippen LogP contribution is -2.35. The first-order valence-corrected chi connectivity index (χ1v) is 7.51. The standard InChI is InChI=1S/C15H21N3OS/c16-14(20)6-8-18(11-13-5-2-7-17-10-13)15(19)9-12-3-1-4-12/h2,5,7,10,12H,1,3-4,6,8-9,11H2,(H2,16,20). The molecule has 108 valence electrons. The molecule has 0 aliphatic heterocycles. The molecule has 1 aromatic heterocycles. The first-order chi connectivity index (χ1) is 9.65. The van der Waals surface area contributed by atoms with E-state index in [-0.39, 0.29) is 5.91 Å². The third kappa shape index (κ3) is 4.56. The van der Waals surface area contributed by atoms with E-state index in [9.17, 15) is 4.79 Å². The molecule has 1 fully saturated rings. The van der Waals surface area contributed by atoms with Gasteiger partial charge in [-0.25, -0.2) is 0 Å². The fourth-order valence-electron chi connectivity index (χ4n) is 2.32. The highest BCUT2D eigenvalue weighted by atomic mass is 32.1. The van der Waals surface area contributed by atoms with Crippen LogP contribution < -0.4 is 5.73 Å². The van der Waals surface area contributed by atoms with Crippen molar-refractivity contribution in [3.05, 3.63) is 30.1 Å². The minimum atomic E-state index is 0.204. The highest BCUT2D eigenvalue weighted by Crippen LogP contribution is 2.30. The highest BCUT2D eigenvalue weighted by Gasteiger charge is 2.23. The lowest BCUT2D eigenvalue weighted by atomic mass is 9.82. The monoisotopic (exact) mass is 291 g/mol. The van der Waals surface area contributed by atoms with Crippen LogP contribution in [0.2, 0.25) is 0 Å². The normalized spacial score (nSPS) is 14.6. The van der Waals surface area contributed by atoms with Crippen LogP contribution in [-0.4, -0.2) is 27.3 Å². The van der Waals surface area contributed by atoms with Crippen molar-refractivity contribution in [1.29, 1.82) is 0 Å². The number of thiocarbonyl (C=S) groups is 1. The van der Waals surface area contributed by atoms with Crippen LogP contribution in [0.4, 0.5) is 0 Å². The fourth-order valence-corrected chi connectivity index (χ4v) is 2.41. The van der Waals surface area contributed by atoms with Crippen LogP contribution in [0.1, 0.15) is 37.7 Å². The Morgan fingerprint density at radius 3 is 2.85 bits per heavy atom. The van der Waals surface area contributed by atoms with E-state index in [4.69, 9.17) is 18.0 Å². The van der Waals surface area contributed by atoms with Gasteiger partial charge in [0.2, 0.25) is 5.91 Å². The molecular formula is C15H21N3OS. The van der Waals surface area contributed by atoms with E-state index in [1.165, 1.54) is 19.3 Å². The molecule has 1 heterocycles. The third-order valence-electron chi connectivity index (χ3n) is 3.77. The van der Waals surface area contributed by atoms with E-state index in [2.05, 4.69) is 4.98 Å². The second-order valence-electron chi connectivity index (χ2n) is 5.39. The Kier molecular flexibility index (Phi) is 5.47. The summed E-state index contributed by atoms with van der Waals surface area (Å²) in [5, 5.41) is 0. The Balaban J connectivity index is 1.95. The van der Waals surface area contributed by atoms with Gasteiger partial charge in [-0.1, -0.05) is 24.7 Å². The summed E-state index contributed by atoms with van der Waals surface area (Å²) in [6, 6.07) is 3.87. The molecule has 0 spiro atoms. The number of hydrogen-bond acceptors (Lipinski definition) is 3. The van der Waals surface area contributed by atoms with Gasteiger partial charge < -0.3 is 10.6 Å². The van der Waals surface area contributed by atoms with Gasteiger partial charge in [-0.15, -0.1) is 0 Å². The zero-order valence-electron chi connectivity index (χ0n) is 11.6. The minimum Gasteiger partial charge on any atom is -0.393 e. The van der Waals surface area contributed by atoms with Gasteiger partial charge in [-0.2, -0.15) is 0 Å². The molecule has 0 unspecified atom stereocenters. The average Bonchev–Trinajstić information content (AvgIpc) is 2.39. The molecule has 0 saturated heterocycles. The maximum Gasteiger partial charge on any atom is 0.223 e. The minimum absolute atomic E-state index is 0.204. The molecule has 2 rings (SSSR count). The van der Waals surface area contributed by atoms with Crippen LogP contribution in [0.5, 0.6) is 0 Å². The van der Waals surface area contributed by atoms with Gasteiger partial charge in [0, 0.05) is 38.3 Å². The summed E-state index contributed by atoms with van der Waals surface area (Å²) >= 11 is 4.91. The summed E-state index contributed by atoms with van der Waals surface area (Å²) in [6.45, 7) is 1.18. The maximum atomic E-state index is 12.4. The van der Waals surface area contributed by atoms with Gasteiger partial charge >= 0.3 is 0 Å². The number of carbonyl (C=O) groups is 1. The number of nitrogens with two attached hydrogens (primary N) is 1. The first-order valence-electron chi connectivity index (χ1n) is 7.10. The van der Waals surface area contributed by atoms with Crippen LogP contribution in [-0.2, 0) is 11.3 Å². The van der Waals surface area contributed by atoms with Crippen LogP contribution in [0.15, 0.2) is 24.5 Å². The van der Waals surface area contributed by atoms with Gasteiger partial charge in [-0.3, -0.25) is 9.78 Å². The van der Waals surface area contributed by atoms with E-state index in [0.29, 0.717) is 36.8 Å². The molecule has 1 aliphatic rings. The summed E-state index contributed by atoms with van der Waals surface area (Å²) < 4.78 is 0. The van der Waals surface area contributed by atoms with E-state index in [0.717, 1.165) is 5.56 Å². The SMILES string of the molecule is NC(=S)CCN(Cc1cccnc1)C(=O)CC1CCC1. The molecule has 4 nitrogen and oxygen atoms in total. The molecule has 20 heavy (non-hydrogen) atoms. The molecule has 0 aromatic carbocycles. The number of hydrogen-bond donors (Lipinski definition) is 1. The summed E-state index contributed by atoms with van der Waals surface area (Å²) in [6.07, 6.45) is 8.38. The van der Waals surface area contributed by atoms with E-state index < -0.39 is 0 Å². The van der Waals surface area contributed by atoms with Gasteiger partial charge in [-0.05, 0) is 30.4 Å². The van der Waals surface area contributed by atoms with Gasteiger partial charge in [0.25, 0.3) is 0 Å². The summed E-state index contributed by atoms with van der Waals surface area (Å²) in [4.78, 5) is 18.8. The Morgan fingerprint density at radius 1 is 1.50 bits per heavy atom. The molecule has 1 aliphatic carbocycles. The zero-order valence-corrected chi connectivity index (χ0v) is 12.4. The molecule has 0 bridgehead atoms. The number of carbonyl (C=O) groups excluding carboxylic acids is 1. The molecular weight excluding hydrogens is 270 g/mol. The van der Waals surface area contributed by atoms with E-state index >= 15 is 0 Å². The first kappa shape index (κ1) is 14.9. The lowest BCUT2D eigenvalue weighted by molar-refractivity contribution is -0.133. The average molecular weight is 291 g/mol. The van der Waals surface area contributed by atoms with Crippen LogP contribution in [0.3, 0.4) is 0 Å². The molecule has 0 atom stereocenters. The van der Waals surface area contributed by atoms with Crippen molar-refractivity contribution >= 4 is 23.1 Å². The van der Waals surface area contributed by atoms with Crippen molar-refractivity contribution in [2.24, 2.45) is 11.7 Å². The van der Waals surface area contributed by atoms with Crippen molar-refractivity contribution < 1.29 is 4.79 Å². The summed E-state index contributed by atoms with van der Waals surface area (Å²) in [5.41, 5.74) is 6.59. The van der Waals surface area contributed by atoms with Crippen molar-refractivity contribution in [1.82, 2.24) is 9.88 Å². The molecule has 2 N–H and O–H groups in total.